The zero-order chi connectivity index (χ0) is 18.3. The van der Waals surface area contributed by atoms with Gasteiger partial charge in [-0.2, -0.15) is 5.01 Å². The van der Waals surface area contributed by atoms with Crippen LogP contribution in [-0.4, -0.2) is 22.9 Å². The highest BCUT2D eigenvalue weighted by atomic mass is 32.1. The van der Waals surface area contributed by atoms with E-state index in [9.17, 15) is 14.4 Å². The van der Waals surface area contributed by atoms with Gasteiger partial charge in [-0.25, -0.2) is 4.79 Å². The number of hydrogen-bond donors (Lipinski definition) is 2. The average Bonchev–Trinajstić information content (AvgIpc) is 3.31. The number of carbonyl (C=O) groups is 3. The lowest BCUT2D eigenvalue weighted by atomic mass is 9.87. The predicted molar refractivity (Wildman–Crippen MR) is 97.6 cm³/mol. The molecular weight excluding hydrogens is 350 g/mol. The Morgan fingerprint density at radius 3 is 2.73 bits per heavy atom. The normalized spacial score (nSPS) is 21.7. The summed E-state index contributed by atoms with van der Waals surface area (Å²) in [4.78, 5) is 39.7. The number of amides is 4. The van der Waals surface area contributed by atoms with E-state index in [1.165, 1.54) is 21.8 Å². The lowest BCUT2D eigenvalue weighted by Gasteiger charge is -2.25. The third-order valence-corrected chi connectivity index (χ3v) is 6.31. The number of thiophene rings is 1. The van der Waals surface area contributed by atoms with E-state index in [2.05, 4.69) is 10.7 Å². The van der Waals surface area contributed by atoms with E-state index < -0.39 is 23.4 Å². The highest BCUT2D eigenvalue weighted by Gasteiger charge is 2.52. The third kappa shape index (κ3) is 2.50. The van der Waals surface area contributed by atoms with Crippen LogP contribution in [0.3, 0.4) is 0 Å². The Morgan fingerprint density at radius 1 is 1.27 bits per heavy atom. The molecule has 2 N–H and O–H groups in total. The number of hydrogen-bond acceptors (Lipinski definition) is 4. The Bertz CT molecular complexity index is 871. The van der Waals surface area contributed by atoms with Gasteiger partial charge in [0.05, 0.1) is 4.88 Å². The molecule has 0 saturated carbocycles. The first-order chi connectivity index (χ1) is 12.5. The second-order valence-corrected chi connectivity index (χ2v) is 7.69. The molecule has 6 nitrogen and oxygen atoms in total. The molecule has 1 saturated heterocycles. The van der Waals surface area contributed by atoms with Crippen molar-refractivity contribution in [3.05, 3.63) is 57.3 Å². The number of hydrazine groups is 1. The molecule has 134 valence electrons. The van der Waals surface area contributed by atoms with E-state index in [4.69, 9.17) is 0 Å². The topological polar surface area (TPSA) is 78.5 Å². The van der Waals surface area contributed by atoms with Gasteiger partial charge in [0.1, 0.15) is 5.54 Å². The Balaban J connectivity index is 1.58. The van der Waals surface area contributed by atoms with Crippen molar-refractivity contribution in [1.29, 1.82) is 0 Å². The van der Waals surface area contributed by atoms with Crippen molar-refractivity contribution in [3.8, 4) is 0 Å². The number of nitrogens with one attached hydrogen (secondary N) is 2. The van der Waals surface area contributed by atoms with Crippen LogP contribution in [-0.2, 0) is 23.2 Å². The monoisotopic (exact) mass is 369 g/mol. The van der Waals surface area contributed by atoms with E-state index in [0.29, 0.717) is 16.9 Å². The molecular formula is C19H19N3O3S. The van der Waals surface area contributed by atoms with E-state index in [0.717, 1.165) is 24.3 Å². The number of benzene rings is 1. The maximum Gasteiger partial charge on any atom is 0.344 e. The van der Waals surface area contributed by atoms with Crippen LogP contribution in [0.4, 0.5) is 4.79 Å². The summed E-state index contributed by atoms with van der Waals surface area (Å²) in [7, 11) is 0. The van der Waals surface area contributed by atoms with Gasteiger partial charge < -0.3 is 5.32 Å². The summed E-state index contributed by atoms with van der Waals surface area (Å²) >= 11 is 1.44. The first-order valence-electron chi connectivity index (χ1n) is 8.70. The van der Waals surface area contributed by atoms with Crippen molar-refractivity contribution in [2.45, 2.75) is 38.1 Å². The number of imide groups is 1. The molecule has 2 aliphatic rings. The van der Waals surface area contributed by atoms with Crippen LogP contribution in [0, 0.1) is 0 Å². The second-order valence-electron chi connectivity index (χ2n) is 6.55. The van der Waals surface area contributed by atoms with Gasteiger partial charge in [0.2, 0.25) is 0 Å². The smallest absolute Gasteiger partial charge is 0.318 e. The molecule has 0 spiro atoms. The van der Waals surface area contributed by atoms with Crippen molar-refractivity contribution in [2.24, 2.45) is 0 Å². The summed E-state index contributed by atoms with van der Waals surface area (Å²) in [5.74, 6) is -0.887. The second kappa shape index (κ2) is 6.25. The van der Waals surface area contributed by atoms with Gasteiger partial charge >= 0.3 is 6.03 Å². The first-order valence-corrected chi connectivity index (χ1v) is 9.51. The number of urea groups is 1. The van der Waals surface area contributed by atoms with Gasteiger partial charge in [-0.1, -0.05) is 37.3 Å². The standard InChI is InChI=1S/C19H19N3O3S/c1-2-19(13-8-4-3-5-9-13)17(24)22(18(25)20-19)21-16(23)15-11-12-7-6-10-14(12)26-15/h3-5,8-9,11H,2,6-7,10H2,1H3,(H,20,25)(H,21,23). The van der Waals surface area contributed by atoms with Gasteiger partial charge in [0.25, 0.3) is 11.8 Å². The Morgan fingerprint density at radius 2 is 2.04 bits per heavy atom. The van der Waals surface area contributed by atoms with Crippen molar-refractivity contribution in [2.75, 3.05) is 0 Å². The van der Waals surface area contributed by atoms with E-state index in [1.54, 1.807) is 12.1 Å². The van der Waals surface area contributed by atoms with Gasteiger partial charge in [-0.05, 0) is 42.9 Å². The van der Waals surface area contributed by atoms with Crippen LogP contribution in [0.15, 0.2) is 36.4 Å². The number of aryl methyl sites for hydroxylation is 2. The fourth-order valence-electron chi connectivity index (χ4n) is 3.64. The molecule has 7 heteroatoms. The SMILES string of the molecule is CCC1(c2ccccc2)NC(=O)N(NC(=O)c2cc3c(s2)CCC3)C1=O. The molecule has 0 radical (unpaired) electrons. The zero-order valence-electron chi connectivity index (χ0n) is 14.4. The molecule has 1 fully saturated rings. The molecule has 1 aromatic carbocycles. The Hall–Kier alpha value is -2.67. The minimum Gasteiger partial charge on any atom is -0.318 e. The fraction of sp³-hybridized carbons (Fsp3) is 0.316. The molecule has 1 atom stereocenters. The van der Waals surface area contributed by atoms with Gasteiger partial charge in [-0.3, -0.25) is 15.0 Å². The highest BCUT2D eigenvalue weighted by Crippen LogP contribution is 2.33. The first kappa shape index (κ1) is 16.8. The number of nitrogens with zero attached hydrogens (tertiary/aromatic N) is 1. The molecule has 1 aliphatic heterocycles. The molecule has 0 bridgehead atoms. The molecule has 26 heavy (non-hydrogen) atoms. The Kier molecular flexibility index (Phi) is 4.03. The van der Waals surface area contributed by atoms with Crippen LogP contribution in [0.5, 0.6) is 0 Å². The number of rotatable bonds is 4. The summed E-state index contributed by atoms with van der Waals surface area (Å²) in [5, 5.41) is 3.56. The van der Waals surface area contributed by atoms with Crippen LogP contribution >= 0.6 is 11.3 Å². The van der Waals surface area contributed by atoms with Gasteiger partial charge in [0, 0.05) is 4.88 Å². The minimum absolute atomic E-state index is 0.390. The zero-order valence-corrected chi connectivity index (χ0v) is 15.2. The van der Waals surface area contributed by atoms with E-state index in [1.807, 2.05) is 31.2 Å². The molecule has 2 heterocycles. The van der Waals surface area contributed by atoms with Crippen molar-refractivity contribution < 1.29 is 14.4 Å². The van der Waals surface area contributed by atoms with E-state index in [-0.39, 0.29) is 0 Å². The van der Waals surface area contributed by atoms with Crippen LogP contribution in [0.1, 0.15) is 45.4 Å². The molecule has 1 aromatic heterocycles. The third-order valence-electron chi connectivity index (χ3n) is 5.07. The summed E-state index contributed by atoms with van der Waals surface area (Å²) in [6.07, 6.45) is 3.48. The van der Waals surface area contributed by atoms with Crippen molar-refractivity contribution in [1.82, 2.24) is 15.8 Å². The highest BCUT2D eigenvalue weighted by molar-refractivity contribution is 7.14. The van der Waals surface area contributed by atoms with E-state index >= 15 is 0 Å². The lowest BCUT2D eigenvalue weighted by Crippen LogP contribution is -2.48. The van der Waals surface area contributed by atoms with Gasteiger partial charge in [0.15, 0.2) is 0 Å². The summed E-state index contributed by atoms with van der Waals surface area (Å²) in [6, 6.07) is 10.3. The predicted octanol–water partition coefficient (Wildman–Crippen LogP) is 2.74. The van der Waals surface area contributed by atoms with Crippen LogP contribution in [0.25, 0.3) is 0 Å². The minimum atomic E-state index is -1.15. The molecule has 4 amide bonds. The molecule has 1 aliphatic carbocycles. The maximum atomic E-state index is 13.0. The van der Waals surface area contributed by atoms with Gasteiger partial charge in [-0.15, -0.1) is 11.3 Å². The van der Waals surface area contributed by atoms with Crippen LogP contribution < -0.4 is 10.7 Å². The number of fused-ring (bicyclic) bond motifs is 1. The molecule has 4 rings (SSSR count). The fourth-order valence-corrected chi connectivity index (χ4v) is 4.78. The lowest BCUT2D eigenvalue weighted by molar-refractivity contribution is -0.133. The summed E-state index contributed by atoms with van der Waals surface area (Å²) in [5.41, 5.74) is 3.24. The number of carbonyl (C=O) groups excluding carboxylic acids is 3. The largest absolute Gasteiger partial charge is 0.344 e. The molecule has 1 unspecified atom stereocenters. The Labute approximate surface area is 155 Å². The molecule has 2 aromatic rings. The quantitative estimate of drug-likeness (QED) is 0.814. The summed E-state index contributed by atoms with van der Waals surface area (Å²) < 4.78 is 0. The summed E-state index contributed by atoms with van der Waals surface area (Å²) in [6.45, 7) is 1.83. The maximum absolute atomic E-state index is 13.0. The average molecular weight is 369 g/mol. The van der Waals surface area contributed by atoms with Crippen molar-refractivity contribution in [3.63, 3.8) is 0 Å². The van der Waals surface area contributed by atoms with Crippen LogP contribution in [0.2, 0.25) is 0 Å². The van der Waals surface area contributed by atoms with Crippen molar-refractivity contribution >= 4 is 29.2 Å².